The third-order valence-electron chi connectivity index (χ3n) is 1.81. The number of allylic oxidation sites excluding steroid dienone is 1. The fraction of sp³-hybridized carbons (Fsp3) is 0.273. The number of ether oxygens (including phenoxy) is 1. The number of rotatable bonds is 4. The molecule has 0 atom stereocenters. The quantitative estimate of drug-likeness (QED) is 0.813. The number of aromatic hydroxyl groups is 1. The number of hydrogen-bond donors (Lipinski definition) is 2. The summed E-state index contributed by atoms with van der Waals surface area (Å²) in [6, 6.07) is 3.41. The van der Waals surface area contributed by atoms with E-state index in [0.717, 1.165) is 12.1 Å². The smallest absolute Gasteiger partial charge is 0.508 e. The van der Waals surface area contributed by atoms with Gasteiger partial charge in [0.1, 0.15) is 11.5 Å². The van der Waals surface area contributed by atoms with Gasteiger partial charge in [-0.3, -0.25) is 0 Å². The van der Waals surface area contributed by atoms with Gasteiger partial charge in [0.25, 0.3) is 0 Å². The molecular weight excluding hydrogens is 253 g/mol. The van der Waals surface area contributed by atoms with Crippen LogP contribution in [0.4, 0.5) is 13.2 Å². The lowest BCUT2D eigenvalue weighted by molar-refractivity contribution is -0.274. The Morgan fingerprint density at radius 3 is 2.65 bits per heavy atom. The number of phenolic OH excluding ortho intramolecular Hbond substituents is 1. The molecule has 0 spiro atoms. The van der Waals surface area contributed by atoms with Gasteiger partial charge in [-0.25, -0.2) is 0 Å². The highest BCUT2D eigenvalue weighted by Crippen LogP contribution is 2.30. The largest absolute Gasteiger partial charge is 0.573 e. The second-order valence-electron chi connectivity index (χ2n) is 3.18. The van der Waals surface area contributed by atoms with Crippen LogP contribution in [0.2, 0.25) is 0 Å². The normalized spacial score (nSPS) is 12.0. The van der Waals surface area contributed by atoms with Crippen LogP contribution < -0.4 is 4.74 Å². The summed E-state index contributed by atoms with van der Waals surface area (Å²) in [5, 5.41) is 9.21. The third kappa shape index (κ3) is 5.04. The van der Waals surface area contributed by atoms with E-state index < -0.39 is 6.36 Å². The van der Waals surface area contributed by atoms with Crippen molar-refractivity contribution in [2.24, 2.45) is 0 Å². The molecule has 0 amide bonds. The molecule has 94 valence electrons. The minimum Gasteiger partial charge on any atom is -0.508 e. The van der Waals surface area contributed by atoms with Crippen LogP contribution in [0.25, 0.3) is 6.08 Å². The second kappa shape index (κ2) is 5.86. The molecule has 1 rings (SSSR count). The van der Waals surface area contributed by atoms with Gasteiger partial charge in [0.2, 0.25) is 0 Å². The first-order chi connectivity index (χ1) is 7.92. The highest BCUT2D eigenvalue weighted by molar-refractivity contribution is 7.80. The highest BCUT2D eigenvalue weighted by Gasteiger charge is 2.31. The number of hydrogen-bond acceptors (Lipinski definition) is 3. The Labute approximate surface area is 102 Å². The maximum absolute atomic E-state index is 12.1. The maximum atomic E-state index is 12.1. The molecule has 0 saturated heterocycles. The van der Waals surface area contributed by atoms with E-state index in [0.29, 0.717) is 12.2 Å². The van der Waals surface area contributed by atoms with Gasteiger partial charge in [-0.15, -0.1) is 13.2 Å². The zero-order valence-electron chi connectivity index (χ0n) is 8.74. The van der Waals surface area contributed by atoms with Gasteiger partial charge >= 0.3 is 6.36 Å². The molecule has 2 nitrogen and oxygen atoms in total. The molecule has 0 fully saturated rings. The monoisotopic (exact) mass is 264 g/mol. The molecule has 0 heterocycles. The number of halogens is 3. The topological polar surface area (TPSA) is 29.5 Å². The summed E-state index contributed by atoms with van der Waals surface area (Å²) in [7, 11) is 0. The predicted octanol–water partition coefficient (Wildman–Crippen LogP) is 3.62. The van der Waals surface area contributed by atoms with E-state index in [1.165, 1.54) is 12.1 Å². The van der Waals surface area contributed by atoms with Crippen LogP contribution in [0.15, 0.2) is 24.3 Å². The molecule has 1 aromatic rings. The van der Waals surface area contributed by atoms with Crippen LogP contribution >= 0.6 is 12.6 Å². The van der Waals surface area contributed by atoms with Crippen molar-refractivity contribution in [1.82, 2.24) is 0 Å². The summed E-state index contributed by atoms with van der Waals surface area (Å²) in [6.07, 6.45) is -1.02. The second-order valence-corrected chi connectivity index (χ2v) is 3.63. The van der Waals surface area contributed by atoms with Crippen LogP contribution in [-0.4, -0.2) is 17.2 Å². The molecule has 0 unspecified atom stereocenters. The highest BCUT2D eigenvalue weighted by atomic mass is 32.1. The van der Waals surface area contributed by atoms with Crippen molar-refractivity contribution in [2.75, 3.05) is 5.75 Å². The van der Waals surface area contributed by atoms with Gasteiger partial charge in [0.15, 0.2) is 0 Å². The third-order valence-corrected chi connectivity index (χ3v) is 2.07. The summed E-state index contributed by atoms with van der Waals surface area (Å²) < 4.78 is 40.1. The number of thiol groups is 1. The van der Waals surface area contributed by atoms with E-state index in [-0.39, 0.29) is 17.1 Å². The molecule has 0 radical (unpaired) electrons. The molecule has 0 saturated carbocycles. The summed E-state index contributed by atoms with van der Waals surface area (Å²) >= 11 is 3.97. The van der Waals surface area contributed by atoms with Crippen LogP contribution in [0.5, 0.6) is 11.5 Å². The maximum Gasteiger partial charge on any atom is 0.573 e. The van der Waals surface area contributed by atoms with Crippen molar-refractivity contribution >= 4 is 18.7 Å². The Morgan fingerprint density at radius 2 is 2.06 bits per heavy atom. The van der Waals surface area contributed by atoms with E-state index in [4.69, 9.17) is 0 Å². The molecule has 17 heavy (non-hydrogen) atoms. The van der Waals surface area contributed by atoms with Crippen LogP contribution in [0, 0.1) is 0 Å². The minimum atomic E-state index is -4.75. The van der Waals surface area contributed by atoms with Gasteiger partial charge in [-0.05, 0) is 30.4 Å². The van der Waals surface area contributed by atoms with Gasteiger partial charge in [0, 0.05) is 5.56 Å². The van der Waals surface area contributed by atoms with E-state index in [2.05, 4.69) is 17.4 Å². The molecular formula is C11H11F3O2S. The van der Waals surface area contributed by atoms with Crippen molar-refractivity contribution < 1.29 is 23.0 Å². The number of alkyl halides is 3. The first kappa shape index (κ1) is 13.8. The first-order valence-electron chi connectivity index (χ1n) is 4.78. The number of phenols is 1. The first-order valence-corrected chi connectivity index (χ1v) is 5.42. The Bertz CT molecular complexity index is 402. The van der Waals surface area contributed by atoms with Gasteiger partial charge in [-0.1, -0.05) is 12.2 Å². The fourth-order valence-corrected chi connectivity index (χ4v) is 1.32. The van der Waals surface area contributed by atoms with Gasteiger partial charge in [-0.2, -0.15) is 12.6 Å². The molecule has 6 heteroatoms. The lowest BCUT2D eigenvalue weighted by atomic mass is 10.1. The lowest BCUT2D eigenvalue weighted by Gasteiger charge is -2.11. The average molecular weight is 264 g/mol. The van der Waals surface area contributed by atoms with E-state index in [1.807, 2.05) is 0 Å². The van der Waals surface area contributed by atoms with Crippen molar-refractivity contribution in [1.29, 1.82) is 0 Å². The van der Waals surface area contributed by atoms with Crippen LogP contribution in [0.3, 0.4) is 0 Å². The van der Waals surface area contributed by atoms with Crippen molar-refractivity contribution in [3.05, 3.63) is 29.8 Å². The predicted molar refractivity (Wildman–Crippen MR) is 62.3 cm³/mol. The number of benzene rings is 1. The molecule has 0 aromatic heterocycles. The van der Waals surface area contributed by atoms with Crippen molar-refractivity contribution in [3.63, 3.8) is 0 Å². The minimum absolute atomic E-state index is 0.120. The summed E-state index contributed by atoms with van der Waals surface area (Å²) in [5.41, 5.74) is 0.170. The summed E-state index contributed by atoms with van der Waals surface area (Å²) in [6.45, 7) is 0. The Morgan fingerprint density at radius 1 is 1.35 bits per heavy atom. The van der Waals surface area contributed by atoms with Crippen molar-refractivity contribution in [3.8, 4) is 11.5 Å². The van der Waals surface area contributed by atoms with Crippen molar-refractivity contribution in [2.45, 2.75) is 12.8 Å². The Hall–Kier alpha value is -1.30. The lowest BCUT2D eigenvalue weighted by Crippen LogP contribution is -2.17. The fourth-order valence-electron chi connectivity index (χ4n) is 1.17. The Kier molecular flexibility index (Phi) is 4.74. The van der Waals surface area contributed by atoms with E-state index in [1.54, 1.807) is 6.08 Å². The molecule has 1 N–H and O–H groups in total. The van der Waals surface area contributed by atoms with Gasteiger partial charge < -0.3 is 9.84 Å². The van der Waals surface area contributed by atoms with E-state index in [9.17, 15) is 18.3 Å². The van der Waals surface area contributed by atoms with Crippen LogP contribution in [0.1, 0.15) is 12.0 Å². The van der Waals surface area contributed by atoms with Crippen LogP contribution in [-0.2, 0) is 0 Å². The zero-order valence-corrected chi connectivity index (χ0v) is 9.63. The zero-order chi connectivity index (χ0) is 12.9. The van der Waals surface area contributed by atoms with Gasteiger partial charge in [0.05, 0.1) is 0 Å². The SMILES string of the molecule is Oc1ccc(OC(F)(F)F)c(C=CCCS)c1. The molecule has 0 aliphatic carbocycles. The standard InChI is InChI=1S/C11H11F3O2S/c12-11(13,14)16-10-5-4-9(15)7-8(10)3-1-2-6-17/h1,3-5,7,15,17H,2,6H2. The van der Waals surface area contributed by atoms with E-state index >= 15 is 0 Å². The molecule has 1 aromatic carbocycles. The average Bonchev–Trinajstić information content (AvgIpc) is 2.20. The molecule has 0 bridgehead atoms. The molecule has 0 aliphatic heterocycles. The summed E-state index contributed by atoms with van der Waals surface area (Å²) in [4.78, 5) is 0. The summed E-state index contributed by atoms with van der Waals surface area (Å²) in [5.74, 6) is 0.126. The molecule has 0 aliphatic rings. The Balaban J connectivity index is 2.95.